The SMILES string of the molecule is COc1ccc(OC)c2[nH]c(=O)c(CCNC(=O)C3c4ccccc4Oc4ccccc43)cc12. The van der Waals surface area contributed by atoms with Gasteiger partial charge in [-0.2, -0.15) is 0 Å². The zero-order valence-corrected chi connectivity index (χ0v) is 18.9. The molecule has 4 aromatic rings. The number of aromatic nitrogens is 1. The number of para-hydroxylation sites is 2. The lowest BCUT2D eigenvalue weighted by molar-refractivity contribution is -0.121. The first-order valence-corrected chi connectivity index (χ1v) is 11.0. The van der Waals surface area contributed by atoms with Crippen LogP contribution in [0.2, 0.25) is 0 Å². The van der Waals surface area contributed by atoms with Gasteiger partial charge in [0.1, 0.15) is 23.0 Å². The molecule has 0 saturated heterocycles. The van der Waals surface area contributed by atoms with E-state index in [2.05, 4.69) is 10.3 Å². The van der Waals surface area contributed by atoms with Crippen molar-refractivity contribution in [2.24, 2.45) is 0 Å². The fourth-order valence-corrected chi connectivity index (χ4v) is 4.43. The van der Waals surface area contributed by atoms with E-state index in [1.807, 2.05) is 48.5 Å². The third-order valence-corrected chi connectivity index (χ3v) is 6.09. The van der Waals surface area contributed by atoms with E-state index in [0.29, 0.717) is 47.0 Å². The molecule has 1 amide bonds. The van der Waals surface area contributed by atoms with Crippen LogP contribution in [-0.4, -0.2) is 31.7 Å². The predicted molar refractivity (Wildman–Crippen MR) is 129 cm³/mol. The standard InChI is InChI=1S/C27H24N2O5/c1-32-20-11-12-23(33-2)25-19(20)15-16(26(30)29-25)13-14-28-27(31)24-17-7-3-5-9-21(17)34-22-10-6-4-8-18(22)24/h3-12,15,24H,13-14H2,1-2H3,(H,28,31)(H,29,30). The predicted octanol–water partition coefficient (Wildman–Crippen LogP) is 4.14. The Kier molecular flexibility index (Phi) is 5.67. The van der Waals surface area contributed by atoms with Crippen molar-refractivity contribution in [2.45, 2.75) is 12.3 Å². The van der Waals surface area contributed by atoms with Gasteiger partial charge in [0.2, 0.25) is 5.91 Å². The Morgan fingerprint density at radius 2 is 1.56 bits per heavy atom. The van der Waals surface area contributed by atoms with E-state index in [1.165, 1.54) is 0 Å². The van der Waals surface area contributed by atoms with Gasteiger partial charge in [-0.15, -0.1) is 0 Å². The Morgan fingerprint density at radius 3 is 2.21 bits per heavy atom. The Morgan fingerprint density at radius 1 is 0.941 bits per heavy atom. The van der Waals surface area contributed by atoms with Crippen LogP contribution < -0.4 is 25.1 Å². The maximum absolute atomic E-state index is 13.3. The summed E-state index contributed by atoms with van der Waals surface area (Å²) in [7, 11) is 3.13. The molecular formula is C27H24N2O5. The molecule has 0 bridgehead atoms. The van der Waals surface area contributed by atoms with Crippen LogP contribution >= 0.6 is 0 Å². The lowest BCUT2D eigenvalue weighted by atomic mass is 9.87. The van der Waals surface area contributed by atoms with Gasteiger partial charge >= 0.3 is 0 Å². The summed E-state index contributed by atoms with van der Waals surface area (Å²) in [5.74, 6) is 1.92. The number of pyridine rings is 1. The summed E-state index contributed by atoms with van der Waals surface area (Å²) >= 11 is 0. The fourth-order valence-electron chi connectivity index (χ4n) is 4.43. The van der Waals surface area contributed by atoms with Crippen LogP contribution in [0.25, 0.3) is 10.9 Å². The van der Waals surface area contributed by atoms with Crippen LogP contribution in [0.1, 0.15) is 22.6 Å². The molecule has 1 aromatic heterocycles. The average molecular weight is 456 g/mol. The van der Waals surface area contributed by atoms with Crippen molar-refractivity contribution in [1.82, 2.24) is 10.3 Å². The van der Waals surface area contributed by atoms with Gasteiger partial charge in [-0.05, 0) is 36.8 Å². The van der Waals surface area contributed by atoms with Crippen molar-refractivity contribution in [3.05, 3.63) is 93.8 Å². The summed E-state index contributed by atoms with van der Waals surface area (Å²) < 4.78 is 16.8. The van der Waals surface area contributed by atoms with Crippen LogP contribution in [0.15, 0.2) is 71.5 Å². The first kappa shape index (κ1) is 21.6. The molecule has 34 heavy (non-hydrogen) atoms. The second-order valence-electron chi connectivity index (χ2n) is 8.03. The zero-order valence-electron chi connectivity index (χ0n) is 18.9. The second-order valence-corrected chi connectivity index (χ2v) is 8.03. The van der Waals surface area contributed by atoms with Gasteiger partial charge in [0, 0.05) is 28.6 Å². The molecule has 172 valence electrons. The summed E-state index contributed by atoms with van der Waals surface area (Å²) in [5.41, 5.74) is 2.54. The average Bonchev–Trinajstić information content (AvgIpc) is 2.86. The van der Waals surface area contributed by atoms with Gasteiger partial charge in [-0.25, -0.2) is 0 Å². The first-order chi connectivity index (χ1) is 16.6. The molecule has 3 aromatic carbocycles. The van der Waals surface area contributed by atoms with Gasteiger partial charge < -0.3 is 24.5 Å². The molecule has 0 fully saturated rings. The summed E-state index contributed by atoms with van der Waals surface area (Å²) in [4.78, 5) is 28.9. The quantitative estimate of drug-likeness (QED) is 0.455. The molecule has 2 N–H and O–H groups in total. The number of aromatic amines is 1. The molecule has 1 aliphatic heterocycles. The minimum Gasteiger partial charge on any atom is -0.496 e. The smallest absolute Gasteiger partial charge is 0.251 e. The number of hydrogen-bond donors (Lipinski definition) is 2. The Bertz CT molecular complexity index is 1400. The number of methoxy groups -OCH3 is 2. The Balaban J connectivity index is 1.39. The molecule has 2 heterocycles. The van der Waals surface area contributed by atoms with Gasteiger partial charge in [-0.1, -0.05) is 36.4 Å². The van der Waals surface area contributed by atoms with Gasteiger partial charge in [-0.3, -0.25) is 9.59 Å². The van der Waals surface area contributed by atoms with Crippen LogP contribution in [-0.2, 0) is 11.2 Å². The van der Waals surface area contributed by atoms with Crippen LogP contribution in [0.5, 0.6) is 23.0 Å². The monoisotopic (exact) mass is 456 g/mol. The van der Waals surface area contributed by atoms with E-state index in [-0.39, 0.29) is 11.5 Å². The molecule has 0 aliphatic carbocycles. The van der Waals surface area contributed by atoms with E-state index in [1.54, 1.807) is 32.4 Å². The highest BCUT2D eigenvalue weighted by atomic mass is 16.5. The normalized spacial score (nSPS) is 12.4. The molecule has 0 spiro atoms. The number of benzene rings is 3. The maximum Gasteiger partial charge on any atom is 0.251 e. The highest BCUT2D eigenvalue weighted by Crippen LogP contribution is 2.43. The summed E-state index contributed by atoms with van der Waals surface area (Å²) in [6.45, 7) is 0.307. The zero-order chi connectivity index (χ0) is 23.7. The number of rotatable bonds is 6. The van der Waals surface area contributed by atoms with Crippen LogP contribution in [0, 0.1) is 0 Å². The number of hydrogen-bond acceptors (Lipinski definition) is 5. The summed E-state index contributed by atoms with van der Waals surface area (Å²) in [6, 6.07) is 20.4. The number of fused-ring (bicyclic) bond motifs is 3. The van der Waals surface area contributed by atoms with Crippen molar-refractivity contribution in [3.8, 4) is 23.0 Å². The summed E-state index contributed by atoms with van der Waals surface area (Å²) in [6.07, 6.45) is 0.365. The van der Waals surface area contributed by atoms with Gasteiger partial charge in [0.25, 0.3) is 5.56 Å². The minimum atomic E-state index is -0.486. The molecule has 0 saturated carbocycles. The lowest BCUT2D eigenvalue weighted by Gasteiger charge is -2.27. The van der Waals surface area contributed by atoms with Crippen LogP contribution in [0.4, 0.5) is 0 Å². The molecule has 0 radical (unpaired) electrons. The van der Waals surface area contributed by atoms with Crippen molar-refractivity contribution in [3.63, 3.8) is 0 Å². The number of amides is 1. The Labute approximate surface area is 196 Å². The topological polar surface area (TPSA) is 89.7 Å². The molecular weight excluding hydrogens is 432 g/mol. The van der Waals surface area contributed by atoms with Crippen LogP contribution in [0.3, 0.4) is 0 Å². The molecule has 0 unspecified atom stereocenters. The molecule has 0 atom stereocenters. The molecule has 1 aliphatic rings. The van der Waals surface area contributed by atoms with E-state index in [9.17, 15) is 9.59 Å². The largest absolute Gasteiger partial charge is 0.496 e. The molecule has 7 heteroatoms. The van der Waals surface area contributed by atoms with E-state index >= 15 is 0 Å². The maximum atomic E-state index is 13.3. The minimum absolute atomic E-state index is 0.139. The third-order valence-electron chi connectivity index (χ3n) is 6.09. The highest BCUT2D eigenvalue weighted by Gasteiger charge is 2.32. The summed E-state index contributed by atoms with van der Waals surface area (Å²) in [5, 5.41) is 3.75. The molecule has 5 rings (SSSR count). The number of carbonyl (C=O) groups is 1. The van der Waals surface area contributed by atoms with Crippen molar-refractivity contribution in [1.29, 1.82) is 0 Å². The fraction of sp³-hybridized carbons (Fsp3) is 0.185. The molecule has 7 nitrogen and oxygen atoms in total. The number of nitrogens with one attached hydrogen (secondary N) is 2. The van der Waals surface area contributed by atoms with E-state index < -0.39 is 5.92 Å². The van der Waals surface area contributed by atoms with Gasteiger partial charge in [0.05, 0.1) is 25.7 Å². The first-order valence-electron chi connectivity index (χ1n) is 11.0. The highest BCUT2D eigenvalue weighted by molar-refractivity contribution is 5.91. The lowest BCUT2D eigenvalue weighted by Crippen LogP contribution is -2.33. The Hall–Kier alpha value is -4.26. The number of ether oxygens (including phenoxy) is 3. The third kappa shape index (κ3) is 3.75. The number of carbonyl (C=O) groups excluding carboxylic acids is 1. The van der Waals surface area contributed by atoms with Crippen molar-refractivity contribution in [2.75, 3.05) is 20.8 Å². The van der Waals surface area contributed by atoms with Gasteiger partial charge in [0.15, 0.2) is 0 Å². The van der Waals surface area contributed by atoms with Crippen molar-refractivity contribution >= 4 is 16.8 Å². The van der Waals surface area contributed by atoms with E-state index in [0.717, 1.165) is 16.5 Å². The second kappa shape index (κ2) is 8.94. The van der Waals surface area contributed by atoms with Crippen molar-refractivity contribution < 1.29 is 19.0 Å². The number of H-pyrrole nitrogens is 1. The van der Waals surface area contributed by atoms with E-state index in [4.69, 9.17) is 14.2 Å².